The first kappa shape index (κ1) is 14.9. The summed E-state index contributed by atoms with van der Waals surface area (Å²) in [5.74, 6) is -1.55. The molecular formula is C12H15FN2O4. The van der Waals surface area contributed by atoms with Gasteiger partial charge in [-0.15, -0.1) is 0 Å². The van der Waals surface area contributed by atoms with Crippen LogP contribution in [-0.4, -0.2) is 29.6 Å². The van der Waals surface area contributed by atoms with E-state index in [2.05, 4.69) is 0 Å². The molecule has 0 amide bonds. The lowest BCUT2D eigenvalue weighted by Gasteiger charge is -2.19. The third-order valence-corrected chi connectivity index (χ3v) is 2.75. The lowest BCUT2D eigenvalue weighted by atomic mass is 10.1. The van der Waals surface area contributed by atoms with Gasteiger partial charge in [0, 0.05) is 20.0 Å². The van der Waals surface area contributed by atoms with E-state index in [1.54, 1.807) is 11.9 Å². The van der Waals surface area contributed by atoms with Gasteiger partial charge in [0.05, 0.1) is 11.0 Å². The number of aryl methyl sites for hydroxylation is 1. The Balaban J connectivity index is 2.94. The number of nitrogens with zero attached hydrogens (tertiary/aromatic N) is 2. The van der Waals surface area contributed by atoms with Crippen molar-refractivity contribution >= 4 is 17.3 Å². The van der Waals surface area contributed by atoms with E-state index in [4.69, 9.17) is 5.11 Å². The first-order valence-electron chi connectivity index (χ1n) is 5.70. The molecular weight excluding hydrogens is 255 g/mol. The van der Waals surface area contributed by atoms with Gasteiger partial charge in [0.25, 0.3) is 5.69 Å². The number of rotatable bonds is 6. The van der Waals surface area contributed by atoms with Crippen LogP contribution < -0.4 is 4.90 Å². The van der Waals surface area contributed by atoms with Gasteiger partial charge in [-0.05, 0) is 25.0 Å². The predicted molar refractivity (Wildman–Crippen MR) is 67.9 cm³/mol. The van der Waals surface area contributed by atoms with Crippen LogP contribution >= 0.6 is 0 Å². The summed E-state index contributed by atoms with van der Waals surface area (Å²) in [5.41, 5.74) is 0.279. The highest BCUT2D eigenvalue weighted by Gasteiger charge is 2.19. The van der Waals surface area contributed by atoms with E-state index in [0.29, 0.717) is 18.5 Å². The molecule has 0 fully saturated rings. The summed E-state index contributed by atoms with van der Waals surface area (Å²) >= 11 is 0. The number of benzene rings is 1. The Morgan fingerprint density at radius 3 is 2.68 bits per heavy atom. The van der Waals surface area contributed by atoms with Crippen LogP contribution in [0.15, 0.2) is 12.1 Å². The topological polar surface area (TPSA) is 83.7 Å². The zero-order valence-electron chi connectivity index (χ0n) is 10.7. The van der Waals surface area contributed by atoms with Crippen LogP contribution in [0.1, 0.15) is 18.4 Å². The van der Waals surface area contributed by atoms with Crippen molar-refractivity contribution in [2.24, 2.45) is 0 Å². The zero-order valence-corrected chi connectivity index (χ0v) is 10.7. The van der Waals surface area contributed by atoms with E-state index in [1.807, 2.05) is 0 Å². The molecule has 1 N–H and O–H groups in total. The van der Waals surface area contributed by atoms with Gasteiger partial charge in [0.2, 0.25) is 0 Å². The molecule has 1 rings (SSSR count). The number of aliphatic carboxylic acids is 1. The highest BCUT2D eigenvalue weighted by atomic mass is 19.1. The van der Waals surface area contributed by atoms with Gasteiger partial charge < -0.3 is 10.0 Å². The first-order chi connectivity index (χ1) is 8.82. The van der Waals surface area contributed by atoms with Gasteiger partial charge in [0.1, 0.15) is 11.5 Å². The van der Waals surface area contributed by atoms with Crippen LogP contribution in [-0.2, 0) is 4.79 Å². The molecule has 1 aromatic carbocycles. The summed E-state index contributed by atoms with van der Waals surface area (Å²) in [4.78, 5) is 22.2. The molecule has 19 heavy (non-hydrogen) atoms. The normalized spacial score (nSPS) is 10.3. The van der Waals surface area contributed by atoms with Crippen LogP contribution in [0, 0.1) is 22.9 Å². The Morgan fingerprint density at radius 2 is 2.16 bits per heavy atom. The quantitative estimate of drug-likeness (QED) is 0.633. The molecule has 7 heteroatoms. The van der Waals surface area contributed by atoms with Crippen molar-refractivity contribution in [1.82, 2.24) is 0 Å². The van der Waals surface area contributed by atoms with E-state index < -0.39 is 16.7 Å². The Labute approximate surface area is 109 Å². The van der Waals surface area contributed by atoms with Gasteiger partial charge >= 0.3 is 5.97 Å². The molecule has 104 valence electrons. The SMILES string of the molecule is Cc1cc(N(C)CCCC(=O)O)c([N+](=O)[O-])cc1F. The standard InChI is InChI=1S/C12H15FN2O4/c1-8-6-10(11(15(18)19)7-9(8)13)14(2)5-3-4-12(16)17/h6-7H,3-5H2,1-2H3,(H,16,17). The summed E-state index contributed by atoms with van der Waals surface area (Å²) < 4.78 is 13.3. The highest BCUT2D eigenvalue weighted by molar-refractivity contribution is 5.67. The lowest BCUT2D eigenvalue weighted by molar-refractivity contribution is -0.384. The van der Waals surface area contributed by atoms with E-state index in [0.717, 1.165) is 6.07 Å². The maximum Gasteiger partial charge on any atom is 0.303 e. The van der Waals surface area contributed by atoms with Gasteiger partial charge in [-0.3, -0.25) is 14.9 Å². The molecule has 0 radical (unpaired) electrons. The fourth-order valence-corrected chi connectivity index (χ4v) is 1.70. The van der Waals surface area contributed by atoms with Gasteiger partial charge in [-0.2, -0.15) is 0 Å². The molecule has 0 saturated heterocycles. The maximum absolute atomic E-state index is 13.3. The molecule has 0 aliphatic heterocycles. The minimum atomic E-state index is -0.918. The second-order valence-corrected chi connectivity index (χ2v) is 4.27. The fourth-order valence-electron chi connectivity index (χ4n) is 1.70. The number of nitro benzene ring substituents is 1. The average Bonchev–Trinajstić information content (AvgIpc) is 2.31. The number of halogens is 1. The van der Waals surface area contributed by atoms with E-state index in [1.165, 1.54) is 13.0 Å². The van der Waals surface area contributed by atoms with Crippen LogP contribution in [0.2, 0.25) is 0 Å². The molecule has 0 bridgehead atoms. The number of carboxylic acids is 1. The average molecular weight is 270 g/mol. The van der Waals surface area contributed by atoms with Crippen LogP contribution in [0.4, 0.5) is 15.8 Å². The van der Waals surface area contributed by atoms with Gasteiger partial charge in [0.15, 0.2) is 0 Å². The predicted octanol–water partition coefficient (Wildman–Crippen LogP) is 2.34. The summed E-state index contributed by atoms with van der Waals surface area (Å²) in [7, 11) is 1.61. The van der Waals surface area contributed by atoms with Crippen molar-refractivity contribution in [3.05, 3.63) is 33.6 Å². The Morgan fingerprint density at radius 1 is 1.53 bits per heavy atom. The lowest BCUT2D eigenvalue weighted by Crippen LogP contribution is -2.20. The molecule has 0 aliphatic carbocycles. The largest absolute Gasteiger partial charge is 0.481 e. The fraction of sp³-hybridized carbons (Fsp3) is 0.417. The van der Waals surface area contributed by atoms with E-state index in [9.17, 15) is 19.3 Å². The van der Waals surface area contributed by atoms with Crippen molar-refractivity contribution in [3.8, 4) is 0 Å². The highest BCUT2D eigenvalue weighted by Crippen LogP contribution is 2.30. The van der Waals surface area contributed by atoms with Gasteiger partial charge in [-0.25, -0.2) is 4.39 Å². The molecule has 0 spiro atoms. The molecule has 0 aliphatic rings. The number of carboxylic acid groups (broad SMARTS) is 1. The molecule has 0 unspecified atom stereocenters. The van der Waals surface area contributed by atoms with Gasteiger partial charge in [-0.1, -0.05) is 0 Å². The maximum atomic E-state index is 13.3. The van der Waals surface area contributed by atoms with Crippen molar-refractivity contribution in [3.63, 3.8) is 0 Å². The molecule has 0 aromatic heterocycles. The van der Waals surface area contributed by atoms with E-state index in [-0.39, 0.29) is 17.8 Å². The van der Waals surface area contributed by atoms with Crippen LogP contribution in [0.3, 0.4) is 0 Å². The third-order valence-electron chi connectivity index (χ3n) is 2.75. The number of hydrogen-bond acceptors (Lipinski definition) is 4. The van der Waals surface area contributed by atoms with Crippen LogP contribution in [0.25, 0.3) is 0 Å². The summed E-state index contributed by atoms with van der Waals surface area (Å²) in [5, 5.41) is 19.4. The number of hydrogen-bond donors (Lipinski definition) is 1. The second kappa shape index (κ2) is 6.12. The van der Waals surface area contributed by atoms with Crippen LogP contribution in [0.5, 0.6) is 0 Å². The summed E-state index contributed by atoms with van der Waals surface area (Å²) in [6, 6.07) is 2.28. The number of anilines is 1. The second-order valence-electron chi connectivity index (χ2n) is 4.27. The molecule has 0 saturated carbocycles. The Kier molecular flexibility index (Phi) is 4.80. The Hall–Kier alpha value is -2.18. The van der Waals surface area contributed by atoms with E-state index >= 15 is 0 Å². The summed E-state index contributed by atoms with van der Waals surface area (Å²) in [6.07, 6.45) is 0.345. The smallest absolute Gasteiger partial charge is 0.303 e. The van der Waals surface area contributed by atoms with Crippen molar-refractivity contribution < 1.29 is 19.2 Å². The first-order valence-corrected chi connectivity index (χ1v) is 5.70. The zero-order chi connectivity index (χ0) is 14.6. The minimum Gasteiger partial charge on any atom is -0.481 e. The summed E-state index contributed by atoms with van der Waals surface area (Å²) in [6.45, 7) is 1.87. The molecule has 1 aromatic rings. The molecule has 6 nitrogen and oxygen atoms in total. The van der Waals surface area contributed by atoms with Crippen molar-refractivity contribution in [2.45, 2.75) is 19.8 Å². The Bertz CT molecular complexity index is 505. The minimum absolute atomic E-state index is 0.0156. The van der Waals surface area contributed by atoms with Crippen molar-refractivity contribution in [2.75, 3.05) is 18.5 Å². The number of nitro groups is 1. The molecule has 0 heterocycles. The monoisotopic (exact) mass is 270 g/mol. The van der Waals surface area contributed by atoms with Crippen molar-refractivity contribution in [1.29, 1.82) is 0 Å². The molecule has 0 atom stereocenters. The third kappa shape index (κ3) is 3.90. The number of carbonyl (C=O) groups is 1.